The summed E-state index contributed by atoms with van der Waals surface area (Å²) in [5.41, 5.74) is 5.18. The third-order valence-corrected chi connectivity index (χ3v) is 2.91. The van der Waals surface area contributed by atoms with E-state index in [-0.39, 0.29) is 30.3 Å². The minimum absolute atomic E-state index is 0.0332. The molecule has 0 amide bonds. The number of nitrogens with zero attached hydrogens (tertiary/aromatic N) is 1. The molecule has 0 aromatic rings. The summed E-state index contributed by atoms with van der Waals surface area (Å²) in [5.74, 6) is 0. The van der Waals surface area contributed by atoms with Crippen molar-refractivity contribution >= 4 is 0 Å². The molecule has 1 unspecified atom stereocenters. The smallest absolute Gasteiger partial charge is 0.0710 e. The molecule has 0 aliphatic rings. The van der Waals surface area contributed by atoms with Crippen LogP contribution in [0.15, 0.2) is 0 Å². The van der Waals surface area contributed by atoms with Gasteiger partial charge in [0, 0.05) is 25.2 Å². The van der Waals surface area contributed by atoms with E-state index in [1.165, 1.54) is 0 Å². The Hall–Kier alpha value is -0.200. The topological polar surface area (TPSA) is 90.0 Å². The van der Waals surface area contributed by atoms with Crippen molar-refractivity contribution in [1.29, 1.82) is 0 Å². The average molecular weight is 278 g/mol. The van der Waals surface area contributed by atoms with Crippen molar-refractivity contribution in [3.63, 3.8) is 0 Å². The summed E-state index contributed by atoms with van der Waals surface area (Å²) >= 11 is 0. The van der Waals surface area contributed by atoms with Gasteiger partial charge in [-0.3, -0.25) is 4.90 Å². The van der Waals surface area contributed by atoms with Gasteiger partial charge in [-0.05, 0) is 26.2 Å². The summed E-state index contributed by atoms with van der Waals surface area (Å²) in [7, 11) is 0. The zero-order valence-electron chi connectivity index (χ0n) is 13.5. The molecule has 0 bridgehead atoms. The first-order chi connectivity index (χ1) is 8.50. The lowest BCUT2D eigenvalue weighted by Crippen LogP contribution is -2.44. The first-order valence-electron chi connectivity index (χ1n) is 6.85. The fraction of sp³-hybridized carbons (Fsp3) is 1.00. The molecule has 1 atom stereocenters. The van der Waals surface area contributed by atoms with Crippen LogP contribution in [0.5, 0.6) is 0 Å². The Balaban J connectivity index is 0. The van der Waals surface area contributed by atoms with Gasteiger partial charge in [0.15, 0.2) is 0 Å². The highest BCUT2D eigenvalue weighted by Crippen LogP contribution is 2.17. The van der Waals surface area contributed by atoms with Crippen LogP contribution < -0.4 is 5.73 Å². The van der Waals surface area contributed by atoms with Gasteiger partial charge in [0.05, 0.1) is 19.3 Å². The SMILES string of the molecule is CC(C)(C)C(O)CN.CC(C)(C)N(CCO)CCO. The van der Waals surface area contributed by atoms with E-state index in [0.29, 0.717) is 19.6 Å². The Morgan fingerprint density at radius 3 is 1.42 bits per heavy atom. The summed E-state index contributed by atoms with van der Waals surface area (Å²) in [6.07, 6.45) is -0.373. The Morgan fingerprint density at radius 2 is 1.32 bits per heavy atom. The third-order valence-electron chi connectivity index (χ3n) is 2.91. The number of rotatable bonds is 5. The summed E-state index contributed by atoms with van der Waals surface area (Å²) in [4.78, 5) is 2.05. The molecule has 5 N–H and O–H groups in total. The van der Waals surface area contributed by atoms with Gasteiger partial charge in [0.25, 0.3) is 0 Å². The Labute approximate surface area is 118 Å². The highest BCUT2D eigenvalue weighted by molar-refractivity contribution is 4.75. The number of hydrogen-bond donors (Lipinski definition) is 4. The Kier molecular flexibility index (Phi) is 10.7. The molecule has 0 spiro atoms. The van der Waals surface area contributed by atoms with Gasteiger partial charge in [0.2, 0.25) is 0 Å². The number of hydrogen-bond acceptors (Lipinski definition) is 5. The molecular weight excluding hydrogens is 244 g/mol. The van der Waals surface area contributed by atoms with Crippen molar-refractivity contribution in [2.45, 2.75) is 53.2 Å². The zero-order valence-corrected chi connectivity index (χ0v) is 13.5. The summed E-state index contributed by atoms with van der Waals surface area (Å²) in [6, 6.07) is 0. The van der Waals surface area contributed by atoms with E-state index < -0.39 is 0 Å². The lowest BCUT2D eigenvalue weighted by atomic mass is 9.89. The highest BCUT2D eigenvalue weighted by atomic mass is 16.3. The number of nitrogens with two attached hydrogens (primary N) is 1. The quantitative estimate of drug-likeness (QED) is 0.585. The van der Waals surface area contributed by atoms with Gasteiger partial charge < -0.3 is 21.1 Å². The lowest BCUT2D eigenvalue weighted by molar-refractivity contribution is 0.0709. The van der Waals surface area contributed by atoms with Crippen LogP contribution in [-0.2, 0) is 0 Å². The minimum Gasteiger partial charge on any atom is -0.395 e. The van der Waals surface area contributed by atoms with Crippen LogP contribution in [-0.4, -0.2) is 64.7 Å². The van der Waals surface area contributed by atoms with Gasteiger partial charge >= 0.3 is 0 Å². The summed E-state index contributed by atoms with van der Waals surface area (Å²) < 4.78 is 0. The second kappa shape index (κ2) is 9.66. The summed E-state index contributed by atoms with van der Waals surface area (Å²) in [5, 5.41) is 26.5. The molecule has 0 aromatic heterocycles. The van der Waals surface area contributed by atoms with Crippen molar-refractivity contribution in [2.24, 2.45) is 11.1 Å². The van der Waals surface area contributed by atoms with Crippen molar-refractivity contribution in [1.82, 2.24) is 4.90 Å². The van der Waals surface area contributed by atoms with E-state index in [9.17, 15) is 0 Å². The molecule has 0 heterocycles. The fourth-order valence-corrected chi connectivity index (χ4v) is 1.38. The zero-order chi connectivity index (χ0) is 15.7. The van der Waals surface area contributed by atoms with Gasteiger partial charge in [-0.2, -0.15) is 0 Å². The van der Waals surface area contributed by atoms with E-state index in [1.807, 2.05) is 25.7 Å². The molecule has 19 heavy (non-hydrogen) atoms. The molecule has 5 nitrogen and oxygen atoms in total. The second-order valence-corrected chi connectivity index (χ2v) is 6.72. The molecule has 0 rings (SSSR count). The van der Waals surface area contributed by atoms with E-state index in [2.05, 4.69) is 20.8 Å². The van der Waals surface area contributed by atoms with Crippen molar-refractivity contribution in [3.05, 3.63) is 0 Å². The summed E-state index contributed by atoms with van der Waals surface area (Å²) in [6.45, 7) is 14.0. The van der Waals surface area contributed by atoms with Crippen LogP contribution in [0.1, 0.15) is 41.5 Å². The highest BCUT2D eigenvalue weighted by Gasteiger charge is 2.20. The lowest BCUT2D eigenvalue weighted by Gasteiger charge is -2.34. The maximum Gasteiger partial charge on any atom is 0.0710 e. The Bertz CT molecular complexity index is 204. The molecule has 0 radical (unpaired) electrons. The standard InChI is InChI=1S/C8H19NO2.C6H15NO/c1-8(2,3)9(4-6-10)5-7-11;1-6(2,3)5(8)4-7/h10-11H,4-7H2,1-3H3;5,8H,4,7H2,1-3H3. The monoisotopic (exact) mass is 278 g/mol. The predicted octanol–water partition coefficient (Wildman–Crippen LogP) is 0.424. The molecule has 118 valence electrons. The number of aliphatic hydroxyl groups excluding tert-OH is 3. The predicted molar refractivity (Wildman–Crippen MR) is 80.0 cm³/mol. The Morgan fingerprint density at radius 1 is 0.947 bits per heavy atom. The molecule has 0 fully saturated rings. The fourth-order valence-electron chi connectivity index (χ4n) is 1.38. The van der Waals surface area contributed by atoms with Gasteiger partial charge in [-0.25, -0.2) is 0 Å². The van der Waals surface area contributed by atoms with Crippen molar-refractivity contribution in [3.8, 4) is 0 Å². The van der Waals surface area contributed by atoms with Crippen LogP contribution in [0.2, 0.25) is 0 Å². The first-order valence-corrected chi connectivity index (χ1v) is 6.85. The average Bonchev–Trinajstić information content (AvgIpc) is 2.26. The van der Waals surface area contributed by atoms with Gasteiger partial charge in [0.1, 0.15) is 0 Å². The van der Waals surface area contributed by atoms with Crippen LogP contribution in [0.25, 0.3) is 0 Å². The molecule has 0 saturated heterocycles. The van der Waals surface area contributed by atoms with E-state index >= 15 is 0 Å². The normalized spacial score (nSPS) is 14.1. The second-order valence-electron chi connectivity index (χ2n) is 6.72. The molecule has 0 saturated carbocycles. The maximum atomic E-state index is 9.07. The van der Waals surface area contributed by atoms with Crippen LogP contribution in [0.4, 0.5) is 0 Å². The molecule has 0 aliphatic heterocycles. The van der Waals surface area contributed by atoms with E-state index in [4.69, 9.17) is 21.1 Å². The molecule has 0 aliphatic carbocycles. The first kappa shape index (κ1) is 21.1. The van der Waals surface area contributed by atoms with Gasteiger partial charge in [-0.15, -0.1) is 0 Å². The van der Waals surface area contributed by atoms with E-state index in [1.54, 1.807) is 0 Å². The van der Waals surface area contributed by atoms with Crippen LogP contribution in [0.3, 0.4) is 0 Å². The molecule has 0 aromatic carbocycles. The maximum absolute atomic E-state index is 9.07. The van der Waals surface area contributed by atoms with Crippen LogP contribution in [0, 0.1) is 5.41 Å². The molecular formula is C14H34N2O3. The largest absolute Gasteiger partial charge is 0.395 e. The molecule has 5 heteroatoms. The minimum atomic E-state index is -0.373. The third kappa shape index (κ3) is 11.3. The van der Waals surface area contributed by atoms with Crippen molar-refractivity contribution < 1.29 is 15.3 Å². The van der Waals surface area contributed by atoms with Crippen molar-refractivity contribution in [2.75, 3.05) is 32.8 Å². The number of β-amino-alcohol motifs (C(OH)–C–C–N with tert-alkyl or cyclic N) is 2. The van der Waals surface area contributed by atoms with E-state index in [0.717, 1.165) is 0 Å². The van der Waals surface area contributed by atoms with Crippen LogP contribution >= 0.6 is 0 Å². The van der Waals surface area contributed by atoms with Gasteiger partial charge in [-0.1, -0.05) is 20.8 Å². The number of aliphatic hydroxyl groups is 3.